The molecule has 0 aliphatic rings. The molecule has 0 radical (unpaired) electrons. The fourth-order valence-electron chi connectivity index (χ4n) is 0.511. The van der Waals surface area contributed by atoms with Gasteiger partial charge in [0.05, 0.1) is 0 Å². The number of hydrogen-bond donors (Lipinski definition) is 1. The summed E-state index contributed by atoms with van der Waals surface area (Å²) in [7, 11) is 0. The van der Waals surface area contributed by atoms with Crippen molar-refractivity contribution in [3.05, 3.63) is 43.7 Å². The molecule has 1 rings (SSSR count). The fourth-order valence-corrected chi connectivity index (χ4v) is 0.511. The second-order valence-electron chi connectivity index (χ2n) is 2.48. The van der Waals surface area contributed by atoms with Crippen molar-refractivity contribution in [2.75, 3.05) is 0 Å². The molecule has 0 saturated carbocycles. The Hall–Kier alpha value is -0.487. The summed E-state index contributed by atoms with van der Waals surface area (Å²) in [5, 5.41) is 8.86. The molecule has 1 aromatic carbocycles. The summed E-state index contributed by atoms with van der Waals surface area (Å²) in [4.78, 5) is 0. The van der Waals surface area contributed by atoms with E-state index in [4.69, 9.17) is 5.11 Å². The summed E-state index contributed by atoms with van der Waals surface area (Å²) in [6, 6.07) is 6.98. The maximum Gasteiger partial charge on any atom is 2.00 e. The summed E-state index contributed by atoms with van der Waals surface area (Å²) in [5.41, 5.74) is 0.674. The molecule has 0 amide bonds. The molecule has 0 spiro atoms. The van der Waals surface area contributed by atoms with E-state index in [0.29, 0.717) is 5.56 Å². The number of phenols is 1. The number of benzene rings is 1. The summed E-state index contributed by atoms with van der Waals surface area (Å²) < 4.78 is 0. The van der Waals surface area contributed by atoms with E-state index in [1.165, 1.54) is 6.42 Å². The molecule has 1 nitrogen and oxygen atoms in total. The molecule has 0 bridgehead atoms. The molecule has 0 atom stereocenters. The first-order valence-electron chi connectivity index (χ1n) is 4.11. The van der Waals surface area contributed by atoms with Gasteiger partial charge in [-0.2, -0.15) is 25.0 Å². The van der Waals surface area contributed by atoms with Crippen molar-refractivity contribution in [2.45, 2.75) is 19.8 Å². The van der Waals surface area contributed by atoms with Crippen LogP contribution in [0.5, 0.6) is 5.75 Å². The average Bonchev–Trinajstić information content (AvgIpc) is 2.11. The van der Waals surface area contributed by atoms with Crippen LogP contribution in [0.1, 0.15) is 25.3 Å². The van der Waals surface area contributed by atoms with E-state index in [-0.39, 0.29) is 25.2 Å². The van der Waals surface area contributed by atoms with Gasteiger partial charge in [0.1, 0.15) is 0 Å². The maximum absolute atomic E-state index is 8.86. The van der Waals surface area contributed by atoms with E-state index >= 15 is 0 Å². The zero-order valence-corrected chi connectivity index (χ0v) is 11.3. The molecular formula is C11H16OZn. The van der Waals surface area contributed by atoms with Gasteiger partial charge in [-0.15, -0.1) is 6.07 Å². The van der Waals surface area contributed by atoms with Gasteiger partial charge in [0.15, 0.2) is 0 Å². The van der Waals surface area contributed by atoms with Crippen molar-refractivity contribution in [3.8, 4) is 5.75 Å². The molecule has 13 heavy (non-hydrogen) atoms. The second-order valence-corrected chi connectivity index (χ2v) is 2.48. The molecule has 0 aliphatic heterocycles. The average molecular weight is 230 g/mol. The topological polar surface area (TPSA) is 20.2 Å². The Bertz CT molecular complexity index is 188. The first kappa shape index (κ1) is 15.0. The Balaban J connectivity index is 0. The van der Waals surface area contributed by atoms with E-state index < -0.39 is 0 Å². The SMILES string of the molecule is [CH2-]CCC.[CH2-]c1ccccc1O.[Zn+2]. The van der Waals surface area contributed by atoms with Crippen molar-refractivity contribution >= 4 is 0 Å². The second kappa shape index (κ2) is 9.60. The number of rotatable bonds is 1. The van der Waals surface area contributed by atoms with E-state index in [0.717, 1.165) is 6.42 Å². The van der Waals surface area contributed by atoms with Crippen molar-refractivity contribution in [3.63, 3.8) is 0 Å². The minimum atomic E-state index is 0. The Morgan fingerprint density at radius 3 is 2.00 bits per heavy atom. The maximum atomic E-state index is 8.86. The van der Waals surface area contributed by atoms with Crippen LogP contribution in [-0.2, 0) is 19.5 Å². The van der Waals surface area contributed by atoms with E-state index in [9.17, 15) is 0 Å². The van der Waals surface area contributed by atoms with Gasteiger partial charge in [-0.05, 0) is 0 Å². The molecule has 0 aromatic heterocycles. The minimum Gasteiger partial charge on any atom is -0.565 e. The fraction of sp³-hybridized carbons (Fsp3) is 0.273. The molecule has 0 heterocycles. The molecule has 0 aliphatic carbocycles. The van der Waals surface area contributed by atoms with E-state index in [2.05, 4.69) is 20.8 Å². The van der Waals surface area contributed by atoms with Crippen molar-refractivity contribution in [2.24, 2.45) is 0 Å². The van der Waals surface area contributed by atoms with Gasteiger partial charge in [0, 0.05) is 5.75 Å². The van der Waals surface area contributed by atoms with Gasteiger partial charge < -0.3 is 12.0 Å². The Kier molecular flexibility index (Phi) is 11.1. The van der Waals surface area contributed by atoms with Gasteiger partial charge in [-0.25, -0.2) is 0 Å². The molecule has 0 fully saturated rings. The zero-order chi connectivity index (χ0) is 9.40. The first-order chi connectivity index (χ1) is 5.72. The molecule has 1 aromatic rings. The van der Waals surface area contributed by atoms with Crippen molar-refractivity contribution in [1.29, 1.82) is 0 Å². The van der Waals surface area contributed by atoms with Gasteiger partial charge in [0.2, 0.25) is 0 Å². The Morgan fingerprint density at radius 1 is 1.31 bits per heavy atom. The van der Waals surface area contributed by atoms with Crippen LogP contribution in [0.4, 0.5) is 0 Å². The molecule has 2 heteroatoms. The number of aromatic hydroxyl groups is 1. The largest absolute Gasteiger partial charge is 2.00 e. The number of phenolic OH excluding ortho intramolecular Hbond substituents is 1. The Labute approximate surface area is 93.9 Å². The van der Waals surface area contributed by atoms with Gasteiger partial charge in [-0.1, -0.05) is 25.5 Å². The predicted octanol–water partition coefficient (Wildman–Crippen LogP) is 3.19. The van der Waals surface area contributed by atoms with Gasteiger partial charge >= 0.3 is 19.5 Å². The van der Waals surface area contributed by atoms with Crippen LogP contribution in [0.3, 0.4) is 0 Å². The smallest absolute Gasteiger partial charge is 0.565 e. The molecule has 0 saturated heterocycles. The first-order valence-corrected chi connectivity index (χ1v) is 4.11. The Morgan fingerprint density at radius 2 is 1.77 bits per heavy atom. The predicted molar refractivity (Wildman–Crippen MR) is 52.8 cm³/mol. The summed E-state index contributed by atoms with van der Waals surface area (Å²) in [6.45, 7) is 9.29. The van der Waals surface area contributed by atoms with Crippen LogP contribution in [0, 0.1) is 13.8 Å². The van der Waals surface area contributed by atoms with E-state index in [1.54, 1.807) is 18.2 Å². The van der Waals surface area contributed by atoms with Crippen LogP contribution in [0.25, 0.3) is 0 Å². The van der Waals surface area contributed by atoms with Gasteiger partial charge in [-0.3, -0.25) is 0 Å². The standard InChI is InChI=1S/C7H7O.C4H9.Zn/c1-6-4-2-3-5-7(6)8;1-3-4-2;/h2-5,8H,1H2;1,3-4H2,2H3;/q2*-1;+2. The van der Waals surface area contributed by atoms with Crippen molar-refractivity contribution < 1.29 is 24.6 Å². The summed E-state index contributed by atoms with van der Waals surface area (Å²) in [5.74, 6) is 0.257. The third-order valence-electron chi connectivity index (χ3n) is 1.35. The molecular weight excluding hydrogens is 214 g/mol. The normalized spacial score (nSPS) is 7.85. The third kappa shape index (κ3) is 7.86. The monoisotopic (exact) mass is 228 g/mol. The van der Waals surface area contributed by atoms with Crippen LogP contribution in [0.2, 0.25) is 0 Å². The zero-order valence-electron chi connectivity index (χ0n) is 8.29. The van der Waals surface area contributed by atoms with Crippen LogP contribution in [0.15, 0.2) is 24.3 Å². The number of hydrogen-bond acceptors (Lipinski definition) is 1. The minimum absolute atomic E-state index is 0. The molecule has 1 N–H and O–H groups in total. The molecule has 0 unspecified atom stereocenters. The quantitative estimate of drug-likeness (QED) is 0.579. The summed E-state index contributed by atoms with van der Waals surface area (Å²) in [6.07, 6.45) is 2.28. The van der Waals surface area contributed by atoms with Crippen LogP contribution in [-0.4, -0.2) is 5.11 Å². The number of unbranched alkanes of at least 4 members (excludes halogenated alkanes) is 1. The molecule has 68 valence electrons. The van der Waals surface area contributed by atoms with Gasteiger partial charge in [0.25, 0.3) is 0 Å². The van der Waals surface area contributed by atoms with E-state index in [1.807, 2.05) is 6.07 Å². The van der Waals surface area contributed by atoms with Crippen LogP contribution < -0.4 is 0 Å². The number of para-hydroxylation sites is 1. The van der Waals surface area contributed by atoms with Crippen LogP contribution >= 0.6 is 0 Å². The third-order valence-corrected chi connectivity index (χ3v) is 1.35. The summed E-state index contributed by atoms with van der Waals surface area (Å²) >= 11 is 0. The van der Waals surface area contributed by atoms with Crippen molar-refractivity contribution in [1.82, 2.24) is 0 Å².